The van der Waals surface area contributed by atoms with Crippen LogP contribution in [0.25, 0.3) is 0 Å². The van der Waals surface area contributed by atoms with Crippen molar-refractivity contribution in [3.63, 3.8) is 0 Å². The topological polar surface area (TPSA) is 63.3 Å². The van der Waals surface area contributed by atoms with Crippen molar-refractivity contribution in [2.24, 2.45) is 0 Å². The molecule has 1 amide bonds. The molecule has 166 valence electrons. The summed E-state index contributed by atoms with van der Waals surface area (Å²) in [5.41, 5.74) is 1.81. The zero-order valence-electron chi connectivity index (χ0n) is 17.7. The number of anilines is 1. The van der Waals surface area contributed by atoms with Crippen LogP contribution in [0.2, 0.25) is 5.02 Å². The van der Waals surface area contributed by atoms with E-state index in [-0.39, 0.29) is 5.91 Å². The first kappa shape index (κ1) is 21.7. The fraction of sp³-hybridized carbons (Fsp3) is 0.435. The molecule has 0 aliphatic carbocycles. The molecule has 2 heterocycles. The van der Waals surface area contributed by atoms with Gasteiger partial charge in [0.15, 0.2) is 11.5 Å². The summed E-state index contributed by atoms with van der Waals surface area (Å²) in [4.78, 5) is 16.9. The van der Waals surface area contributed by atoms with Gasteiger partial charge in [-0.3, -0.25) is 14.6 Å². The molecule has 4 rings (SSSR count). The quantitative estimate of drug-likeness (QED) is 0.705. The highest BCUT2D eigenvalue weighted by Crippen LogP contribution is 2.35. The van der Waals surface area contributed by atoms with Crippen LogP contribution < -0.4 is 19.5 Å². The minimum atomic E-state index is -0.00695. The molecule has 1 fully saturated rings. The third-order valence-corrected chi connectivity index (χ3v) is 5.74. The van der Waals surface area contributed by atoms with E-state index < -0.39 is 0 Å². The number of nitrogens with one attached hydrogen (secondary N) is 1. The summed E-state index contributed by atoms with van der Waals surface area (Å²) in [6.07, 6.45) is 0. The van der Waals surface area contributed by atoms with E-state index >= 15 is 0 Å². The Kier molecular flexibility index (Phi) is 7.17. The second kappa shape index (κ2) is 10.2. The Labute approximate surface area is 187 Å². The van der Waals surface area contributed by atoms with E-state index in [1.807, 2.05) is 43.3 Å². The highest BCUT2D eigenvalue weighted by Gasteiger charge is 2.21. The standard InChI is InChI=1S/C23H28ClN3O4/c1-2-29-19-5-3-18(4-6-19)25-23(28)16-27-9-7-26(8-10-27)15-17-13-21-22(14-20(17)24)31-12-11-30-21/h3-6,13-14H,2,7-12,15-16H2,1H3,(H,25,28). The van der Waals surface area contributed by atoms with Gasteiger partial charge < -0.3 is 19.5 Å². The smallest absolute Gasteiger partial charge is 0.238 e. The lowest BCUT2D eigenvalue weighted by molar-refractivity contribution is -0.117. The lowest BCUT2D eigenvalue weighted by Gasteiger charge is -2.34. The number of fused-ring (bicyclic) bond motifs is 1. The maximum Gasteiger partial charge on any atom is 0.238 e. The molecular weight excluding hydrogens is 418 g/mol. The average molecular weight is 446 g/mol. The van der Waals surface area contributed by atoms with Gasteiger partial charge in [0.05, 0.1) is 13.2 Å². The summed E-state index contributed by atoms with van der Waals surface area (Å²) in [5, 5.41) is 3.65. The monoisotopic (exact) mass is 445 g/mol. The molecule has 0 aromatic heterocycles. The number of piperazine rings is 1. The largest absolute Gasteiger partial charge is 0.494 e. The van der Waals surface area contributed by atoms with Gasteiger partial charge in [-0.1, -0.05) is 11.6 Å². The Hall–Kier alpha value is -2.48. The summed E-state index contributed by atoms with van der Waals surface area (Å²) in [7, 11) is 0. The van der Waals surface area contributed by atoms with E-state index in [1.165, 1.54) is 0 Å². The van der Waals surface area contributed by atoms with E-state index in [2.05, 4.69) is 15.1 Å². The van der Waals surface area contributed by atoms with Crippen LogP contribution in [-0.4, -0.2) is 68.3 Å². The number of nitrogens with zero attached hydrogens (tertiary/aromatic N) is 2. The molecule has 0 atom stereocenters. The number of amides is 1. The van der Waals surface area contributed by atoms with Crippen LogP contribution in [0.5, 0.6) is 17.2 Å². The van der Waals surface area contributed by atoms with Gasteiger partial charge in [-0.2, -0.15) is 0 Å². The first-order valence-corrected chi connectivity index (χ1v) is 11.0. The van der Waals surface area contributed by atoms with E-state index in [1.54, 1.807) is 0 Å². The van der Waals surface area contributed by atoms with Crippen molar-refractivity contribution in [3.8, 4) is 17.2 Å². The van der Waals surface area contributed by atoms with Crippen molar-refractivity contribution < 1.29 is 19.0 Å². The van der Waals surface area contributed by atoms with Crippen LogP contribution in [-0.2, 0) is 11.3 Å². The molecule has 7 nitrogen and oxygen atoms in total. The Bertz CT molecular complexity index is 898. The zero-order valence-corrected chi connectivity index (χ0v) is 18.5. The molecule has 8 heteroatoms. The fourth-order valence-electron chi connectivity index (χ4n) is 3.78. The van der Waals surface area contributed by atoms with Gasteiger partial charge in [-0.25, -0.2) is 0 Å². The van der Waals surface area contributed by atoms with Crippen molar-refractivity contribution in [2.45, 2.75) is 13.5 Å². The normalized spacial score (nSPS) is 16.7. The Morgan fingerprint density at radius 1 is 1.03 bits per heavy atom. The highest BCUT2D eigenvalue weighted by molar-refractivity contribution is 6.31. The van der Waals surface area contributed by atoms with E-state index in [4.69, 9.17) is 25.8 Å². The number of carbonyl (C=O) groups excluding carboxylic acids is 1. The molecule has 1 saturated heterocycles. The molecule has 31 heavy (non-hydrogen) atoms. The van der Waals surface area contributed by atoms with Crippen LogP contribution in [0.15, 0.2) is 36.4 Å². The summed E-state index contributed by atoms with van der Waals surface area (Å²) in [5.74, 6) is 2.26. The first-order valence-electron chi connectivity index (χ1n) is 10.7. The van der Waals surface area contributed by atoms with Crippen LogP contribution >= 0.6 is 11.6 Å². The summed E-state index contributed by atoms with van der Waals surface area (Å²) in [6, 6.07) is 11.3. The lowest BCUT2D eigenvalue weighted by Crippen LogP contribution is -2.48. The summed E-state index contributed by atoms with van der Waals surface area (Å²) in [6.45, 7) is 8.23. The van der Waals surface area contributed by atoms with Crippen molar-refractivity contribution >= 4 is 23.2 Å². The zero-order chi connectivity index (χ0) is 21.6. The summed E-state index contributed by atoms with van der Waals surface area (Å²) < 4.78 is 16.7. The Morgan fingerprint density at radius 3 is 2.35 bits per heavy atom. The summed E-state index contributed by atoms with van der Waals surface area (Å²) >= 11 is 6.45. The maximum absolute atomic E-state index is 12.4. The minimum Gasteiger partial charge on any atom is -0.494 e. The Morgan fingerprint density at radius 2 is 1.68 bits per heavy atom. The number of halogens is 1. The molecule has 0 spiro atoms. The Balaban J connectivity index is 1.24. The molecule has 2 aliphatic heterocycles. The van der Waals surface area contributed by atoms with Gasteiger partial charge >= 0.3 is 0 Å². The van der Waals surface area contributed by atoms with Crippen LogP contribution in [0.4, 0.5) is 5.69 Å². The number of carbonyl (C=O) groups is 1. The molecule has 2 aromatic carbocycles. The number of hydrogen-bond acceptors (Lipinski definition) is 6. The van der Waals surface area contributed by atoms with Gasteiger partial charge in [-0.15, -0.1) is 0 Å². The predicted octanol–water partition coefficient (Wildman–Crippen LogP) is 3.27. The third kappa shape index (κ3) is 5.81. The van der Waals surface area contributed by atoms with Crippen molar-refractivity contribution in [3.05, 3.63) is 47.0 Å². The number of benzene rings is 2. The minimum absolute atomic E-state index is 0.00695. The first-order chi connectivity index (χ1) is 15.1. The molecule has 0 saturated carbocycles. The third-order valence-electron chi connectivity index (χ3n) is 5.39. The number of rotatable bonds is 7. The highest BCUT2D eigenvalue weighted by atomic mass is 35.5. The van der Waals surface area contributed by atoms with Crippen molar-refractivity contribution in [1.82, 2.24) is 9.80 Å². The van der Waals surface area contributed by atoms with E-state index in [0.29, 0.717) is 37.1 Å². The second-order valence-electron chi connectivity index (χ2n) is 7.65. The molecule has 2 aromatic rings. The van der Waals surface area contributed by atoms with Crippen molar-refractivity contribution in [2.75, 3.05) is 57.9 Å². The molecule has 0 radical (unpaired) electrons. The lowest BCUT2D eigenvalue weighted by atomic mass is 10.1. The number of ether oxygens (including phenoxy) is 3. The van der Waals surface area contributed by atoms with Crippen molar-refractivity contribution in [1.29, 1.82) is 0 Å². The maximum atomic E-state index is 12.4. The van der Waals surface area contributed by atoms with Crippen LogP contribution in [0.3, 0.4) is 0 Å². The molecule has 0 unspecified atom stereocenters. The van der Waals surface area contributed by atoms with E-state index in [9.17, 15) is 4.79 Å². The van der Waals surface area contributed by atoms with Gasteiger partial charge in [0.25, 0.3) is 0 Å². The SMILES string of the molecule is CCOc1ccc(NC(=O)CN2CCN(Cc3cc4c(cc3Cl)OCCO4)CC2)cc1. The van der Waals surface area contributed by atoms with Crippen LogP contribution in [0, 0.1) is 0 Å². The van der Waals surface area contributed by atoms with E-state index in [0.717, 1.165) is 55.5 Å². The van der Waals surface area contributed by atoms with Gasteiger partial charge in [-0.05, 0) is 42.8 Å². The number of hydrogen-bond donors (Lipinski definition) is 1. The second-order valence-corrected chi connectivity index (χ2v) is 8.05. The molecule has 2 aliphatic rings. The van der Waals surface area contributed by atoms with Gasteiger partial charge in [0.2, 0.25) is 5.91 Å². The fourth-order valence-corrected chi connectivity index (χ4v) is 3.99. The molecule has 0 bridgehead atoms. The van der Waals surface area contributed by atoms with Gasteiger partial charge in [0, 0.05) is 49.5 Å². The van der Waals surface area contributed by atoms with Gasteiger partial charge in [0.1, 0.15) is 19.0 Å². The average Bonchev–Trinajstić information content (AvgIpc) is 2.77. The molecular formula is C23H28ClN3O4. The van der Waals surface area contributed by atoms with Crippen LogP contribution in [0.1, 0.15) is 12.5 Å². The predicted molar refractivity (Wildman–Crippen MR) is 120 cm³/mol. The molecule has 1 N–H and O–H groups in total.